The van der Waals surface area contributed by atoms with Crippen molar-refractivity contribution in [1.29, 1.82) is 0 Å². The number of hydrogen-bond acceptors (Lipinski definition) is 6. The van der Waals surface area contributed by atoms with Crippen LogP contribution in [0.2, 0.25) is 0 Å². The first-order valence-electron chi connectivity index (χ1n) is 12.6. The standard InChI is InChI=1S/C27H36N6O2/c1-17(2)20-5-8-22(11-20)32-15-21(13-29-32)24-12-25(19-6-9-23(34)10-7-19)33-26(24)14-28-27(31-33)30-18(3)16-35-4/h5,12-15,18-19,22-23,34H,1,6-11,16H2,2-4H3,(H,30,31)/t18-,19?,22-,23?/m0/s1. The molecule has 1 fully saturated rings. The van der Waals surface area contributed by atoms with Crippen molar-refractivity contribution in [2.45, 2.75) is 76.5 Å². The highest BCUT2D eigenvalue weighted by molar-refractivity contribution is 5.81. The quantitative estimate of drug-likeness (QED) is 0.481. The molecule has 3 heterocycles. The fourth-order valence-corrected chi connectivity index (χ4v) is 5.41. The second-order valence-corrected chi connectivity index (χ2v) is 10.2. The Bertz CT molecular complexity index is 1230. The van der Waals surface area contributed by atoms with Crippen LogP contribution in [0.4, 0.5) is 5.95 Å². The van der Waals surface area contributed by atoms with E-state index in [2.05, 4.69) is 46.8 Å². The normalized spacial score (nSPS) is 23.4. The number of hydrogen-bond donors (Lipinski definition) is 2. The average Bonchev–Trinajstić information content (AvgIpc) is 3.58. The van der Waals surface area contributed by atoms with Gasteiger partial charge in [0.2, 0.25) is 5.95 Å². The molecule has 0 aliphatic heterocycles. The second-order valence-electron chi connectivity index (χ2n) is 10.2. The lowest BCUT2D eigenvalue weighted by atomic mass is 9.85. The summed E-state index contributed by atoms with van der Waals surface area (Å²) in [7, 11) is 1.69. The molecule has 2 N–H and O–H groups in total. The molecule has 1 saturated carbocycles. The molecule has 2 atom stereocenters. The number of aliphatic hydroxyl groups is 1. The molecule has 5 rings (SSSR count). The molecule has 0 spiro atoms. The molecule has 8 nitrogen and oxygen atoms in total. The van der Waals surface area contributed by atoms with Gasteiger partial charge in [0.25, 0.3) is 0 Å². The molecular formula is C27H36N6O2. The molecule has 0 amide bonds. The summed E-state index contributed by atoms with van der Waals surface area (Å²) in [5.74, 6) is 0.937. The maximum absolute atomic E-state index is 10.0. The Balaban J connectivity index is 1.48. The zero-order chi connectivity index (χ0) is 24.5. The Labute approximate surface area is 206 Å². The molecule has 0 saturated heterocycles. The Hall–Kier alpha value is -2.97. The fourth-order valence-electron chi connectivity index (χ4n) is 5.41. The SMILES string of the molecule is C=C(C)C1=CC[C@H](n2cc(-c3cc(C4CCC(O)CC4)n4nc(N[C@@H](C)COC)ncc34)cn2)C1. The minimum absolute atomic E-state index is 0.100. The maximum atomic E-state index is 10.0. The van der Waals surface area contributed by atoms with Gasteiger partial charge in [0.1, 0.15) is 0 Å². The number of allylic oxidation sites excluding steroid dienone is 3. The molecule has 2 aliphatic carbocycles. The third-order valence-corrected chi connectivity index (χ3v) is 7.38. The van der Waals surface area contributed by atoms with E-state index in [0.717, 1.165) is 60.7 Å². The Morgan fingerprint density at radius 1 is 1.29 bits per heavy atom. The summed E-state index contributed by atoms with van der Waals surface area (Å²) in [6, 6.07) is 2.68. The van der Waals surface area contributed by atoms with Gasteiger partial charge in [0.05, 0.1) is 36.7 Å². The number of anilines is 1. The first-order chi connectivity index (χ1) is 16.9. The summed E-state index contributed by atoms with van der Waals surface area (Å²) in [4.78, 5) is 4.62. The molecule has 0 radical (unpaired) electrons. The van der Waals surface area contributed by atoms with Gasteiger partial charge in [-0.2, -0.15) is 5.10 Å². The summed E-state index contributed by atoms with van der Waals surface area (Å²) >= 11 is 0. The largest absolute Gasteiger partial charge is 0.393 e. The maximum Gasteiger partial charge on any atom is 0.241 e. The van der Waals surface area contributed by atoms with Crippen molar-refractivity contribution >= 4 is 11.5 Å². The molecule has 186 valence electrons. The average molecular weight is 477 g/mol. The number of aromatic nitrogens is 5. The summed E-state index contributed by atoms with van der Waals surface area (Å²) in [6.45, 7) is 8.79. The van der Waals surface area contributed by atoms with Gasteiger partial charge in [-0.3, -0.25) is 4.68 Å². The predicted octanol–water partition coefficient (Wildman–Crippen LogP) is 4.90. The first-order valence-corrected chi connectivity index (χ1v) is 12.6. The number of nitrogens with zero attached hydrogens (tertiary/aromatic N) is 5. The van der Waals surface area contributed by atoms with Gasteiger partial charge in [0.15, 0.2) is 0 Å². The van der Waals surface area contributed by atoms with Crippen LogP contribution < -0.4 is 5.32 Å². The van der Waals surface area contributed by atoms with Crippen molar-refractivity contribution < 1.29 is 9.84 Å². The smallest absolute Gasteiger partial charge is 0.241 e. The van der Waals surface area contributed by atoms with E-state index in [1.807, 2.05) is 23.8 Å². The van der Waals surface area contributed by atoms with Gasteiger partial charge >= 0.3 is 0 Å². The zero-order valence-corrected chi connectivity index (χ0v) is 20.9. The van der Waals surface area contributed by atoms with E-state index >= 15 is 0 Å². The minimum Gasteiger partial charge on any atom is -0.393 e. The Morgan fingerprint density at radius 3 is 2.80 bits per heavy atom. The molecule has 3 aromatic rings. The van der Waals surface area contributed by atoms with E-state index in [1.54, 1.807) is 7.11 Å². The lowest BCUT2D eigenvalue weighted by molar-refractivity contribution is 0.121. The molecule has 8 heteroatoms. The van der Waals surface area contributed by atoms with Crippen LogP contribution in [0, 0.1) is 0 Å². The molecule has 35 heavy (non-hydrogen) atoms. The summed E-state index contributed by atoms with van der Waals surface area (Å²) < 4.78 is 9.38. The van der Waals surface area contributed by atoms with Crippen LogP contribution in [0.15, 0.2) is 48.5 Å². The van der Waals surface area contributed by atoms with Crippen LogP contribution in [0.5, 0.6) is 0 Å². The fraction of sp³-hybridized carbons (Fsp3) is 0.519. The van der Waals surface area contributed by atoms with Crippen molar-refractivity contribution in [2.24, 2.45) is 0 Å². The molecule has 2 aliphatic rings. The number of methoxy groups -OCH3 is 1. The molecule has 3 aromatic heterocycles. The molecule has 0 bridgehead atoms. The van der Waals surface area contributed by atoms with Crippen LogP contribution in [0.1, 0.15) is 70.0 Å². The topological polar surface area (TPSA) is 89.5 Å². The van der Waals surface area contributed by atoms with Crippen molar-refractivity contribution in [3.63, 3.8) is 0 Å². The van der Waals surface area contributed by atoms with E-state index in [-0.39, 0.29) is 12.1 Å². The molecule has 0 aromatic carbocycles. The van der Waals surface area contributed by atoms with Gasteiger partial charge in [-0.25, -0.2) is 9.50 Å². The summed E-state index contributed by atoms with van der Waals surface area (Å²) in [5.41, 5.74) is 6.79. The number of aliphatic hydroxyl groups excluding tert-OH is 1. The second kappa shape index (κ2) is 9.95. The lowest BCUT2D eigenvalue weighted by Gasteiger charge is -2.25. The predicted molar refractivity (Wildman–Crippen MR) is 138 cm³/mol. The van der Waals surface area contributed by atoms with Gasteiger partial charge in [-0.15, -0.1) is 5.10 Å². The number of nitrogens with one attached hydrogen (secondary N) is 1. The highest BCUT2D eigenvalue weighted by Gasteiger charge is 2.26. The van der Waals surface area contributed by atoms with Gasteiger partial charge < -0.3 is 15.2 Å². The van der Waals surface area contributed by atoms with Crippen LogP contribution in [-0.2, 0) is 4.74 Å². The van der Waals surface area contributed by atoms with Gasteiger partial charge in [0, 0.05) is 42.1 Å². The van der Waals surface area contributed by atoms with Gasteiger partial charge in [-0.1, -0.05) is 18.2 Å². The Kier molecular flexibility index (Phi) is 6.75. The first kappa shape index (κ1) is 23.8. The highest BCUT2D eigenvalue weighted by Crippen LogP contribution is 2.38. The third kappa shape index (κ3) is 4.90. The van der Waals surface area contributed by atoms with E-state index in [4.69, 9.17) is 14.9 Å². The third-order valence-electron chi connectivity index (χ3n) is 7.38. The van der Waals surface area contributed by atoms with Crippen LogP contribution >= 0.6 is 0 Å². The minimum atomic E-state index is -0.193. The summed E-state index contributed by atoms with van der Waals surface area (Å²) in [6.07, 6.45) is 13.6. The zero-order valence-electron chi connectivity index (χ0n) is 20.9. The van der Waals surface area contributed by atoms with Crippen molar-refractivity contribution in [3.8, 4) is 11.1 Å². The lowest BCUT2D eigenvalue weighted by Crippen LogP contribution is -2.23. The number of rotatable bonds is 8. The van der Waals surface area contributed by atoms with Crippen molar-refractivity contribution in [3.05, 3.63) is 54.2 Å². The monoisotopic (exact) mass is 476 g/mol. The highest BCUT2D eigenvalue weighted by atomic mass is 16.5. The summed E-state index contributed by atoms with van der Waals surface area (Å²) in [5, 5.41) is 23.0. The van der Waals surface area contributed by atoms with Crippen LogP contribution in [0.25, 0.3) is 16.6 Å². The van der Waals surface area contributed by atoms with Crippen LogP contribution in [0.3, 0.4) is 0 Å². The Morgan fingerprint density at radius 2 is 2.09 bits per heavy atom. The van der Waals surface area contributed by atoms with E-state index in [9.17, 15) is 5.11 Å². The van der Waals surface area contributed by atoms with E-state index in [0.29, 0.717) is 24.5 Å². The number of ether oxygens (including phenoxy) is 1. The molecular weight excluding hydrogens is 440 g/mol. The molecule has 0 unspecified atom stereocenters. The number of fused-ring (bicyclic) bond motifs is 1. The van der Waals surface area contributed by atoms with E-state index in [1.165, 1.54) is 11.3 Å². The van der Waals surface area contributed by atoms with Crippen LogP contribution in [-0.4, -0.2) is 55.3 Å². The van der Waals surface area contributed by atoms with Crippen molar-refractivity contribution in [2.75, 3.05) is 19.0 Å². The van der Waals surface area contributed by atoms with Crippen molar-refractivity contribution in [1.82, 2.24) is 24.4 Å². The van der Waals surface area contributed by atoms with E-state index < -0.39 is 0 Å². The van der Waals surface area contributed by atoms with Gasteiger partial charge in [-0.05, 0) is 64.0 Å².